The molecule has 18 heavy (non-hydrogen) atoms. The van der Waals surface area contributed by atoms with Crippen molar-refractivity contribution in [3.05, 3.63) is 29.6 Å². The van der Waals surface area contributed by atoms with Crippen LogP contribution >= 0.6 is 0 Å². The molecule has 1 saturated heterocycles. The molecule has 0 radical (unpaired) electrons. The summed E-state index contributed by atoms with van der Waals surface area (Å²) < 4.78 is 26.6. The van der Waals surface area contributed by atoms with E-state index in [4.69, 9.17) is 0 Å². The molecule has 1 aliphatic rings. The number of aromatic nitrogens is 2. The van der Waals surface area contributed by atoms with Crippen LogP contribution in [0.25, 0.3) is 11.0 Å². The lowest BCUT2D eigenvalue weighted by molar-refractivity contribution is 0.229. The zero-order chi connectivity index (χ0) is 12.5. The van der Waals surface area contributed by atoms with Crippen LogP contribution in [0.3, 0.4) is 0 Å². The molecule has 0 unspecified atom stereocenters. The van der Waals surface area contributed by atoms with Gasteiger partial charge < -0.3 is 10.3 Å². The number of nitrogens with zero attached hydrogens (tertiary/aromatic N) is 2. The van der Waals surface area contributed by atoms with Crippen LogP contribution in [0.5, 0.6) is 0 Å². The Balaban J connectivity index is 1.86. The van der Waals surface area contributed by atoms with Crippen molar-refractivity contribution < 1.29 is 8.78 Å². The van der Waals surface area contributed by atoms with E-state index in [1.807, 2.05) is 0 Å². The van der Waals surface area contributed by atoms with Gasteiger partial charge in [0.2, 0.25) is 0 Å². The van der Waals surface area contributed by atoms with Gasteiger partial charge in [-0.2, -0.15) is 0 Å². The van der Waals surface area contributed by atoms with E-state index >= 15 is 0 Å². The fraction of sp³-hybridized carbons (Fsp3) is 0.417. The first-order valence-electron chi connectivity index (χ1n) is 5.99. The first-order chi connectivity index (χ1) is 8.72. The molecule has 2 N–H and O–H groups in total. The summed E-state index contributed by atoms with van der Waals surface area (Å²) in [5.74, 6) is -0.526. The predicted octanol–water partition coefficient (Wildman–Crippen LogP) is 1.25. The van der Waals surface area contributed by atoms with Crippen molar-refractivity contribution in [2.24, 2.45) is 0 Å². The maximum atomic E-state index is 13.5. The van der Waals surface area contributed by atoms with Crippen LogP contribution in [-0.4, -0.2) is 41.0 Å². The lowest BCUT2D eigenvalue weighted by Gasteiger charge is -2.26. The number of hydrogen-bond donors (Lipinski definition) is 2. The number of rotatable bonds is 2. The number of aromatic amines is 1. The minimum atomic E-state index is -0.618. The van der Waals surface area contributed by atoms with Crippen molar-refractivity contribution in [3.63, 3.8) is 0 Å². The van der Waals surface area contributed by atoms with Crippen LogP contribution in [0.1, 0.15) is 5.82 Å². The highest BCUT2D eigenvalue weighted by Crippen LogP contribution is 2.18. The topological polar surface area (TPSA) is 44.0 Å². The van der Waals surface area contributed by atoms with Crippen molar-refractivity contribution in [2.75, 3.05) is 26.2 Å². The molecular formula is C12H14F2N4. The van der Waals surface area contributed by atoms with E-state index in [1.165, 1.54) is 6.07 Å². The van der Waals surface area contributed by atoms with Crippen LogP contribution in [-0.2, 0) is 6.54 Å². The first-order valence-corrected chi connectivity index (χ1v) is 5.99. The van der Waals surface area contributed by atoms with Gasteiger partial charge in [0.05, 0.1) is 12.1 Å². The highest BCUT2D eigenvalue weighted by atomic mass is 19.1. The third kappa shape index (κ3) is 2.21. The molecule has 0 bridgehead atoms. The van der Waals surface area contributed by atoms with Gasteiger partial charge in [-0.15, -0.1) is 0 Å². The molecule has 6 heteroatoms. The third-order valence-electron chi connectivity index (χ3n) is 3.14. The molecule has 0 aliphatic carbocycles. The first kappa shape index (κ1) is 11.6. The SMILES string of the molecule is Fc1cc(F)c2nc(CN3CCNCC3)[nH]c2c1. The summed E-state index contributed by atoms with van der Waals surface area (Å²) in [7, 11) is 0. The molecule has 0 spiro atoms. The monoisotopic (exact) mass is 252 g/mol. The molecule has 0 amide bonds. The van der Waals surface area contributed by atoms with E-state index in [0.29, 0.717) is 17.9 Å². The fourth-order valence-corrected chi connectivity index (χ4v) is 2.25. The molecule has 0 atom stereocenters. The maximum Gasteiger partial charge on any atom is 0.153 e. The van der Waals surface area contributed by atoms with Crippen LogP contribution < -0.4 is 5.32 Å². The molecule has 4 nitrogen and oxygen atoms in total. The summed E-state index contributed by atoms with van der Waals surface area (Å²) in [6.45, 7) is 4.41. The predicted molar refractivity (Wildman–Crippen MR) is 64.2 cm³/mol. The molecule has 1 fully saturated rings. The number of imidazole rings is 1. The zero-order valence-corrected chi connectivity index (χ0v) is 9.84. The molecule has 1 aromatic heterocycles. The van der Waals surface area contributed by atoms with E-state index in [0.717, 1.165) is 32.2 Å². The largest absolute Gasteiger partial charge is 0.341 e. The number of fused-ring (bicyclic) bond motifs is 1. The van der Waals surface area contributed by atoms with Crippen molar-refractivity contribution in [1.29, 1.82) is 0 Å². The van der Waals surface area contributed by atoms with E-state index in [1.54, 1.807) is 0 Å². The van der Waals surface area contributed by atoms with Crippen LogP contribution in [0.2, 0.25) is 0 Å². The molecule has 1 aromatic carbocycles. The van der Waals surface area contributed by atoms with Crippen LogP contribution in [0, 0.1) is 11.6 Å². The quantitative estimate of drug-likeness (QED) is 0.845. The van der Waals surface area contributed by atoms with Gasteiger partial charge >= 0.3 is 0 Å². The van der Waals surface area contributed by atoms with E-state index < -0.39 is 11.6 Å². The number of hydrogen-bond acceptors (Lipinski definition) is 3. The van der Waals surface area contributed by atoms with Crippen molar-refractivity contribution >= 4 is 11.0 Å². The Hall–Kier alpha value is -1.53. The smallest absolute Gasteiger partial charge is 0.153 e. The Bertz CT molecular complexity index is 560. The Morgan fingerprint density at radius 2 is 2.00 bits per heavy atom. The average molecular weight is 252 g/mol. The van der Waals surface area contributed by atoms with Crippen LogP contribution in [0.4, 0.5) is 8.78 Å². The minimum Gasteiger partial charge on any atom is -0.341 e. The highest BCUT2D eigenvalue weighted by molar-refractivity contribution is 5.75. The second kappa shape index (κ2) is 4.62. The van der Waals surface area contributed by atoms with Gasteiger partial charge in [-0.25, -0.2) is 13.8 Å². The van der Waals surface area contributed by atoms with Gasteiger partial charge in [-0.05, 0) is 6.07 Å². The molecule has 0 saturated carbocycles. The Labute approximate surface area is 103 Å². The number of nitrogens with one attached hydrogen (secondary N) is 2. The van der Waals surface area contributed by atoms with E-state index in [9.17, 15) is 8.78 Å². The van der Waals surface area contributed by atoms with Gasteiger partial charge in [0.1, 0.15) is 17.2 Å². The lowest BCUT2D eigenvalue weighted by atomic mass is 10.3. The van der Waals surface area contributed by atoms with Gasteiger partial charge in [0.15, 0.2) is 5.82 Å². The fourth-order valence-electron chi connectivity index (χ4n) is 2.25. The third-order valence-corrected chi connectivity index (χ3v) is 3.14. The summed E-state index contributed by atoms with van der Waals surface area (Å²) in [4.78, 5) is 9.38. The average Bonchev–Trinajstić information content (AvgIpc) is 2.73. The molecule has 1 aliphatic heterocycles. The minimum absolute atomic E-state index is 0.210. The van der Waals surface area contributed by atoms with Gasteiger partial charge in [0, 0.05) is 32.2 Å². The maximum absolute atomic E-state index is 13.5. The zero-order valence-electron chi connectivity index (χ0n) is 9.84. The van der Waals surface area contributed by atoms with Crippen molar-refractivity contribution in [3.8, 4) is 0 Å². The Kier molecular flexibility index (Phi) is 2.97. The van der Waals surface area contributed by atoms with Gasteiger partial charge in [0.25, 0.3) is 0 Å². The number of halogens is 2. The number of H-pyrrole nitrogens is 1. The second-order valence-electron chi connectivity index (χ2n) is 4.49. The summed E-state index contributed by atoms with van der Waals surface area (Å²) in [6, 6.07) is 2.13. The van der Waals surface area contributed by atoms with E-state index in [-0.39, 0.29) is 5.52 Å². The summed E-state index contributed by atoms with van der Waals surface area (Å²) in [5, 5.41) is 3.26. The van der Waals surface area contributed by atoms with E-state index in [2.05, 4.69) is 20.2 Å². The molecule has 2 heterocycles. The summed E-state index contributed by atoms with van der Waals surface area (Å²) in [5.41, 5.74) is 0.624. The summed E-state index contributed by atoms with van der Waals surface area (Å²) >= 11 is 0. The second-order valence-corrected chi connectivity index (χ2v) is 4.49. The normalized spacial score (nSPS) is 17.4. The highest BCUT2D eigenvalue weighted by Gasteiger charge is 2.14. The van der Waals surface area contributed by atoms with Gasteiger partial charge in [-0.1, -0.05) is 0 Å². The van der Waals surface area contributed by atoms with Crippen molar-refractivity contribution in [2.45, 2.75) is 6.54 Å². The standard InChI is InChI=1S/C12H14F2N4/c13-8-5-9(14)12-10(6-8)16-11(17-12)7-18-3-1-15-2-4-18/h5-6,15H,1-4,7H2,(H,16,17). The summed E-state index contributed by atoms with van der Waals surface area (Å²) in [6.07, 6.45) is 0. The molecule has 2 aromatic rings. The number of piperazine rings is 1. The molecule has 96 valence electrons. The Morgan fingerprint density at radius 1 is 1.22 bits per heavy atom. The van der Waals surface area contributed by atoms with Gasteiger partial charge in [-0.3, -0.25) is 4.90 Å². The number of benzene rings is 1. The van der Waals surface area contributed by atoms with Crippen LogP contribution in [0.15, 0.2) is 12.1 Å². The lowest BCUT2D eigenvalue weighted by Crippen LogP contribution is -2.43. The molecular weight excluding hydrogens is 238 g/mol. The molecule has 3 rings (SSSR count). The Morgan fingerprint density at radius 3 is 2.78 bits per heavy atom. The van der Waals surface area contributed by atoms with Crippen molar-refractivity contribution in [1.82, 2.24) is 20.2 Å².